The molecule has 0 aliphatic carbocycles. The summed E-state index contributed by atoms with van der Waals surface area (Å²) in [7, 11) is 1.33. The lowest BCUT2D eigenvalue weighted by molar-refractivity contribution is -0.146. The van der Waals surface area contributed by atoms with Gasteiger partial charge in [0, 0.05) is 12.7 Å². The molecular weight excluding hydrogens is 412 g/mol. The van der Waals surface area contributed by atoms with Crippen LogP contribution in [0.4, 0.5) is 5.69 Å². The standard InChI is InChI=1S/C22H24N6O4/c1-12-3-6-17(13-4-5-14-16(9-13)26-11-25-14)28(10-12)22(31)20(30)27-15-7-8-24-21(32-2)18(15)19(23)29/h4-5,7-9,11-12,17H,3,6,10H2,1-2H3,(H2,23,29)(H,25,26)(H,24,27,30)/t12-,17+/m0/s1. The zero-order chi connectivity index (χ0) is 22.8. The Hall–Kier alpha value is -3.95. The van der Waals surface area contributed by atoms with Gasteiger partial charge in [-0.05, 0) is 42.5 Å². The van der Waals surface area contributed by atoms with Crippen molar-refractivity contribution in [3.8, 4) is 5.88 Å². The molecule has 1 aliphatic heterocycles. The maximum absolute atomic E-state index is 13.2. The Morgan fingerprint density at radius 3 is 2.78 bits per heavy atom. The van der Waals surface area contributed by atoms with Crippen LogP contribution in [-0.2, 0) is 9.59 Å². The number of pyridine rings is 1. The molecule has 0 unspecified atom stereocenters. The average molecular weight is 436 g/mol. The van der Waals surface area contributed by atoms with Crippen molar-refractivity contribution in [1.82, 2.24) is 19.9 Å². The number of imidazole rings is 1. The van der Waals surface area contributed by atoms with Gasteiger partial charge in [-0.1, -0.05) is 13.0 Å². The number of rotatable bonds is 4. The van der Waals surface area contributed by atoms with E-state index < -0.39 is 17.7 Å². The molecule has 1 aliphatic rings. The van der Waals surface area contributed by atoms with Crippen molar-refractivity contribution in [1.29, 1.82) is 0 Å². The first-order chi connectivity index (χ1) is 15.4. The third-order valence-corrected chi connectivity index (χ3v) is 5.71. The van der Waals surface area contributed by atoms with Gasteiger partial charge < -0.3 is 25.7 Å². The number of piperidine rings is 1. The summed E-state index contributed by atoms with van der Waals surface area (Å²) < 4.78 is 5.06. The number of H-pyrrole nitrogens is 1. The number of fused-ring (bicyclic) bond motifs is 1. The summed E-state index contributed by atoms with van der Waals surface area (Å²) in [5.41, 5.74) is 8.02. The number of amides is 3. The summed E-state index contributed by atoms with van der Waals surface area (Å²) in [4.78, 5) is 50.8. The van der Waals surface area contributed by atoms with Crippen molar-refractivity contribution in [2.45, 2.75) is 25.8 Å². The van der Waals surface area contributed by atoms with E-state index in [-0.39, 0.29) is 29.1 Å². The second kappa shape index (κ2) is 8.66. The molecule has 0 spiro atoms. The number of hydrogen-bond donors (Lipinski definition) is 3. The van der Waals surface area contributed by atoms with Crippen LogP contribution in [-0.4, -0.2) is 51.2 Å². The minimum Gasteiger partial charge on any atom is -0.480 e. The number of aromatic amines is 1. The molecule has 3 amide bonds. The Kier molecular flexibility index (Phi) is 5.76. The first-order valence-electron chi connectivity index (χ1n) is 10.3. The molecule has 1 fully saturated rings. The number of likely N-dealkylation sites (tertiary alicyclic amines) is 1. The highest BCUT2D eigenvalue weighted by atomic mass is 16.5. The molecule has 0 radical (unpaired) electrons. The number of ether oxygens (including phenoxy) is 1. The largest absolute Gasteiger partial charge is 0.480 e. The van der Waals surface area contributed by atoms with Crippen LogP contribution < -0.4 is 15.8 Å². The minimum absolute atomic E-state index is 0.0282. The van der Waals surface area contributed by atoms with Crippen LogP contribution in [0.3, 0.4) is 0 Å². The monoisotopic (exact) mass is 436 g/mol. The molecule has 4 rings (SSSR count). The lowest BCUT2D eigenvalue weighted by atomic mass is 9.89. The lowest BCUT2D eigenvalue weighted by Gasteiger charge is -2.38. The maximum atomic E-state index is 13.2. The van der Waals surface area contributed by atoms with Gasteiger partial charge in [-0.3, -0.25) is 14.4 Å². The van der Waals surface area contributed by atoms with E-state index in [0.29, 0.717) is 6.54 Å². The Morgan fingerprint density at radius 2 is 2.03 bits per heavy atom. The lowest BCUT2D eigenvalue weighted by Crippen LogP contribution is -2.46. The summed E-state index contributed by atoms with van der Waals surface area (Å²) >= 11 is 0. The Balaban J connectivity index is 1.61. The zero-order valence-electron chi connectivity index (χ0n) is 17.8. The number of methoxy groups -OCH3 is 1. The van der Waals surface area contributed by atoms with E-state index in [4.69, 9.17) is 10.5 Å². The molecule has 0 bridgehead atoms. The predicted molar refractivity (Wildman–Crippen MR) is 117 cm³/mol. The van der Waals surface area contributed by atoms with Crippen molar-refractivity contribution in [3.63, 3.8) is 0 Å². The molecule has 3 aromatic rings. The van der Waals surface area contributed by atoms with Crippen molar-refractivity contribution in [2.75, 3.05) is 19.0 Å². The number of hydrogen-bond acceptors (Lipinski definition) is 6. The van der Waals surface area contributed by atoms with E-state index in [1.54, 1.807) is 11.2 Å². The van der Waals surface area contributed by atoms with Crippen LogP contribution in [0.2, 0.25) is 0 Å². The number of anilines is 1. The number of nitrogens with one attached hydrogen (secondary N) is 2. The molecule has 2 atom stereocenters. The van der Waals surface area contributed by atoms with E-state index in [9.17, 15) is 14.4 Å². The van der Waals surface area contributed by atoms with Gasteiger partial charge in [-0.2, -0.15) is 0 Å². The molecule has 10 heteroatoms. The highest BCUT2D eigenvalue weighted by molar-refractivity contribution is 6.40. The smallest absolute Gasteiger partial charge is 0.313 e. The van der Waals surface area contributed by atoms with Gasteiger partial charge in [-0.15, -0.1) is 0 Å². The van der Waals surface area contributed by atoms with Gasteiger partial charge in [0.1, 0.15) is 5.56 Å². The molecule has 0 saturated carbocycles. The van der Waals surface area contributed by atoms with E-state index in [1.807, 2.05) is 25.1 Å². The average Bonchev–Trinajstić information content (AvgIpc) is 3.26. The predicted octanol–water partition coefficient (Wildman–Crippen LogP) is 2.00. The first-order valence-corrected chi connectivity index (χ1v) is 10.3. The van der Waals surface area contributed by atoms with E-state index in [0.717, 1.165) is 29.4 Å². The van der Waals surface area contributed by atoms with Crippen molar-refractivity contribution < 1.29 is 19.1 Å². The molecule has 2 aromatic heterocycles. The fourth-order valence-electron chi connectivity index (χ4n) is 4.13. The zero-order valence-corrected chi connectivity index (χ0v) is 17.8. The second-order valence-electron chi connectivity index (χ2n) is 7.90. The van der Waals surface area contributed by atoms with Gasteiger partial charge in [0.15, 0.2) is 0 Å². The summed E-state index contributed by atoms with van der Waals surface area (Å²) in [6.07, 6.45) is 4.64. The minimum atomic E-state index is -0.860. The highest BCUT2D eigenvalue weighted by Gasteiger charge is 2.35. The fourth-order valence-corrected chi connectivity index (χ4v) is 4.13. The number of carbonyl (C=O) groups excluding carboxylic acids is 3. The fraction of sp³-hybridized carbons (Fsp3) is 0.318. The van der Waals surface area contributed by atoms with E-state index >= 15 is 0 Å². The van der Waals surface area contributed by atoms with Crippen molar-refractivity contribution in [2.24, 2.45) is 11.7 Å². The van der Waals surface area contributed by atoms with Crippen LogP contribution in [0, 0.1) is 5.92 Å². The van der Waals surface area contributed by atoms with Gasteiger partial charge >= 0.3 is 11.8 Å². The molecule has 3 heterocycles. The first kappa shape index (κ1) is 21.3. The van der Waals surface area contributed by atoms with Gasteiger partial charge in [0.2, 0.25) is 5.88 Å². The number of carbonyl (C=O) groups is 3. The highest BCUT2D eigenvalue weighted by Crippen LogP contribution is 2.34. The third kappa shape index (κ3) is 3.98. The second-order valence-corrected chi connectivity index (χ2v) is 7.90. The summed E-state index contributed by atoms with van der Waals surface area (Å²) in [6, 6.07) is 6.94. The van der Waals surface area contributed by atoms with Crippen LogP contribution in [0.5, 0.6) is 5.88 Å². The Bertz CT molecular complexity index is 1190. The molecule has 10 nitrogen and oxygen atoms in total. The molecule has 166 valence electrons. The topological polar surface area (TPSA) is 143 Å². The van der Waals surface area contributed by atoms with Crippen molar-refractivity contribution in [3.05, 3.63) is 47.9 Å². The maximum Gasteiger partial charge on any atom is 0.313 e. The molecule has 4 N–H and O–H groups in total. The number of nitrogens with zero attached hydrogens (tertiary/aromatic N) is 3. The van der Waals surface area contributed by atoms with Crippen LogP contribution in [0.15, 0.2) is 36.8 Å². The molecule has 1 saturated heterocycles. The number of nitrogens with two attached hydrogens (primary N) is 1. The normalized spacial score (nSPS) is 18.4. The number of benzene rings is 1. The van der Waals surface area contributed by atoms with Crippen LogP contribution in [0.1, 0.15) is 41.7 Å². The van der Waals surface area contributed by atoms with Crippen LogP contribution in [0.25, 0.3) is 11.0 Å². The van der Waals surface area contributed by atoms with Gasteiger partial charge in [0.05, 0.1) is 36.2 Å². The van der Waals surface area contributed by atoms with Crippen LogP contribution >= 0.6 is 0 Å². The molecular formula is C22H24N6O4. The molecule has 1 aromatic carbocycles. The summed E-state index contributed by atoms with van der Waals surface area (Å²) in [5, 5.41) is 2.51. The summed E-state index contributed by atoms with van der Waals surface area (Å²) in [6.45, 7) is 2.49. The SMILES string of the molecule is COc1nccc(NC(=O)C(=O)N2C[C@@H](C)CC[C@@H]2c2ccc3[nH]cnc3c2)c1C(N)=O. The summed E-state index contributed by atoms with van der Waals surface area (Å²) in [5.74, 6) is -2.15. The third-order valence-electron chi connectivity index (χ3n) is 5.71. The number of aromatic nitrogens is 3. The van der Waals surface area contributed by atoms with Gasteiger partial charge in [0.25, 0.3) is 5.91 Å². The van der Waals surface area contributed by atoms with Crippen molar-refractivity contribution >= 4 is 34.4 Å². The Labute approximate surface area is 184 Å². The van der Waals surface area contributed by atoms with Gasteiger partial charge in [-0.25, -0.2) is 9.97 Å². The van der Waals surface area contributed by atoms with E-state index in [1.165, 1.54) is 19.4 Å². The molecule has 32 heavy (non-hydrogen) atoms. The van der Waals surface area contributed by atoms with E-state index in [2.05, 4.69) is 20.3 Å². The number of primary amides is 1. The Morgan fingerprint density at radius 1 is 1.22 bits per heavy atom. The quantitative estimate of drug-likeness (QED) is 0.534.